The van der Waals surface area contributed by atoms with Gasteiger partial charge in [0.1, 0.15) is 5.69 Å². The average Bonchev–Trinajstić information content (AvgIpc) is 2.91. The van der Waals surface area contributed by atoms with Gasteiger partial charge in [0.25, 0.3) is 11.8 Å². The van der Waals surface area contributed by atoms with E-state index in [-0.39, 0.29) is 22.9 Å². The van der Waals surface area contributed by atoms with Gasteiger partial charge in [-0.1, -0.05) is 17.7 Å². The van der Waals surface area contributed by atoms with E-state index in [4.69, 9.17) is 0 Å². The van der Waals surface area contributed by atoms with Gasteiger partial charge in [0.05, 0.1) is 11.9 Å². The standard InChI is InChI=1S/C22H26N4O2/c1-15-5-3-6-17(11-15)19(27)25-21-7-4-8-22(14-21,10-9-21)26-20(28)18-13-23-12-16(2)24-18/h3,5-6,11-13H,4,7-10,14H2,1-2H3,(H,25,27)(H,26,28)/t21-,22-/m0/s1. The van der Waals surface area contributed by atoms with Crippen molar-refractivity contribution in [2.45, 2.75) is 63.5 Å². The number of nitrogens with one attached hydrogen (secondary N) is 2. The second-order valence-electron chi connectivity index (χ2n) is 8.41. The van der Waals surface area contributed by atoms with Crippen molar-refractivity contribution in [3.05, 3.63) is 59.2 Å². The maximum absolute atomic E-state index is 12.8. The highest BCUT2D eigenvalue weighted by Crippen LogP contribution is 2.48. The molecule has 0 saturated heterocycles. The third-order valence-electron chi connectivity index (χ3n) is 6.09. The number of carbonyl (C=O) groups is 2. The summed E-state index contributed by atoms with van der Waals surface area (Å²) in [4.78, 5) is 33.9. The smallest absolute Gasteiger partial charge is 0.271 e. The highest BCUT2D eigenvalue weighted by atomic mass is 16.2. The van der Waals surface area contributed by atoms with Crippen molar-refractivity contribution in [2.75, 3.05) is 0 Å². The minimum absolute atomic E-state index is 0.0303. The second kappa shape index (κ2) is 7.00. The Bertz CT molecular complexity index is 855. The number of aromatic nitrogens is 2. The van der Waals surface area contributed by atoms with Gasteiger partial charge < -0.3 is 10.6 Å². The number of nitrogens with zero attached hydrogens (tertiary/aromatic N) is 2. The van der Waals surface area contributed by atoms with Crippen molar-refractivity contribution in [2.24, 2.45) is 0 Å². The normalized spacial score (nSPS) is 25.9. The van der Waals surface area contributed by atoms with Crippen LogP contribution in [0.2, 0.25) is 0 Å². The zero-order chi connectivity index (χ0) is 19.8. The van der Waals surface area contributed by atoms with Crippen LogP contribution in [0.3, 0.4) is 0 Å². The van der Waals surface area contributed by atoms with E-state index >= 15 is 0 Å². The average molecular weight is 378 g/mol. The summed E-state index contributed by atoms with van der Waals surface area (Å²) >= 11 is 0. The summed E-state index contributed by atoms with van der Waals surface area (Å²) in [6.45, 7) is 3.81. The minimum atomic E-state index is -0.277. The number of benzene rings is 1. The fourth-order valence-electron chi connectivity index (χ4n) is 4.81. The fourth-order valence-corrected chi connectivity index (χ4v) is 4.81. The third kappa shape index (κ3) is 3.63. The molecule has 0 unspecified atom stereocenters. The predicted octanol–water partition coefficient (Wildman–Crippen LogP) is 3.10. The molecule has 2 fully saturated rings. The Morgan fingerprint density at radius 1 is 0.964 bits per heavy atom. The van der Waals surface area contributed by atoms with Crippen LogP contribution in [0, 0.1) is 13.8 Å². The molecule has 2 N–H and O–H groups in total. The largest absolute Gasteiger partial charge is 0.347 e. The SMILES string of the molecule is Cc1cccc(C(=O)N[C@@]23CCC[C@](NC(=O)c4cncc(C)n4)(CC2)C3)c1. The van der Waals surface area contributed by atoms with E-state index in [2.05, 4.69) is 20.6 Å². The van der Waals surface area contributed by atoms with E-state index in [1.165, 1.54) is 6.20 Å². The quantitative estimate of drug-likeness (QED) is 0.856. The van der Waals surface area contributed by atoms with Crippen LogP contribution in [0.1, 0.15) is 70.6 Å². The summed E-state index contributed by atoms with van der Waals surface area (Å²) in [7, 11) is 0. The van der Waals surface area contributed by atoms with Crippen LogP contribution in [-0.4, -0.2) is 32.9 Å². The number of amides is 2. The monoisotopic (exact) mass is 378 g/mol. The molecule has 6 nitrogen and oxygen atoms in total. The molecule has 2 bridgehead atoms. The maximum Gasteiger partial charge on any atom is 0.271 e. The molecule has 0 aliphatic heterocycles. The van der Waals surface area contributed by atoms with Crippen molar-refractivity contribution in [3.63, 3.8) is 0 Å². The number of fused-ring (bicyclic) bond motifs is 2. The third-order valence-corrected chi connectivity index (χ3v) is 6.09. The number of aryl methyl sites for hydroxylation is 2. The van der Waals surface area contributed by atoms with Gasteiger partial charge in [0.2, 0.25) is 0 Å². The molecule has 2 aromatic rings. The molecule has 1 aromatic carbocycles. The first-order valence-electron chi connectivity index (χ1n) is 9.89. The van der Waals surface area contributed by atoms with Crippen LogP contribution in [-0.2, 0) is 0 Å². The first-order valence-corrected chi connectivity index (χ1v) is 9.89. The van der Waals surface area contributed by atoms with Crippen LogP contribution < -0.4 is 10.6 Å². The van der Waals surface area contributed by atoms with Crippen LogP contribution in [0.15, 0.2) is 36.7 Å². The lowest BCUT2D eigenvalue weighted by molar-refractivity contribution is 0.0829. The van der Waals surface area contributed by atoms with E-state index in [1.807, 2.05) is 38.1 Å². The summed E-state index contributed by atoms with van der Waals surface area (Å²) in [6, 6.07) is 7.65. The second-order valence-corrected chi connectivity index (χ2v) is 8.41. The van der Waals surface area contributed by atoms with Gasteiger partial charge in [0.15, 0.2) is 0 Å². The maximum atomic E-state index is 12.8. The van der Waals surface area contributed by atoms with E-state index in [0.717, 1.165) is 49.8 Å². The highest BCUT2D eigenvalue weighted by molar-refractivity contribution is 5.95. The van der Waals surface area contributed by atoms with Crippen molar-refractivity contribution >= 4 is 11.8 Å². The molecular formula is C22H26N4O2. The summed E-state index contributed by atoms with van der Waals surface area (Å²) in [6.07, 6.45) is 8.51. The molecule has 4 rings (SSSR count). The van der Waals surface area contributed by atoms with Crippen molar-refractivity contribution in [1.82, 2.24) is 20.6 Å². The van der Waals surface area contributed by atoms with Gasteiger partial charge >= 0.3 is 0 Å². The van der Waals surface area contributed by atoms with Crippen LogP contribution in [0.4, 0.5) is 0 Å². The van der Waals surface area contributed by atoms with Crippen molar-refractivity contribution in [3.8, 4) is 0 Å². The Morgan fingerprint density at radius 3 is 2.36 bits per heavy atom. The molecule has 2 aliphatic carbocycles. The Morgan fingerprint density at radius 2 is 1.68 bits per heavy atom. The summed E-state index contributed by atoms with van der Waals surface area (Å²) in [5, 5.41) is 6.52. The van der Waals surface area contributed by atoms with Crippen molar-refractivity contribution in [1.29, 1.82) is 0 Å². The lowest BCUT2D eigenvalue weighted by Gasteiger charge is -2.40. The zero-order valence-corrected chi connectivity index (χ0v) is 16.4. The lowest BCUT2D eigenvalue weighted by atomic mass is 9.78. The molecule has 146 valence electrons. The Kier molecular flexibility index (Phi) is 4.65. The first-order chi connectivity index (χ1) is 13.4. The molecule has 28 heavy (non-hydrogen) atoms. The summed E-state index contributed by atoms with van der Waals surface area (Å²) < 4.78 is 0. The van der Waals surface area contributed by atoms with E-state index in [1.54, 1.807) is 6.20 Å². The van der Waals surface area contributed by atoms with E-state index in [9.17, 15) is 9.59 Å². The molecule has 2 atom stereocenters. The topological polar surface area (TPSA) is 84.0 Å². The first kappa shape index (κ1) is 18.6. The van der Waals surface area contributed by atoms with Crippen molar-refractivity contribution < 1.29 is 9.59 Å². The van der Waals surface area contributed by atoms with Crippen LogP contribution in [0.25, 0.3) is 0 Å². The molecule has 2 saturated carbocycles. The Balaban J connectivity index is 1.48. The molecule has 1 heterocycles. The molecular weight excluding hydrogens is 352 g/mol. The van der Waals surface area contributed by atoms with Crippen LogP contribution in [0.5, 0.6) is 0 Å². The van der Waals surface area contributed by atoms with Gasteiger partial charge in [-0.05, 0) is 64.5 Å². The minimum Gasteiger partial charge on any atom is -0.347 e. The van der Waals surface area contributed by atoms with Gasteiger partial charge in [-0.2, -0.15) is 0 Å². The fraction of sp³-hybridized carbons (Fsp3) is 0.455. The zero-order valence-electron chi connectivity index (χ0n) is 16.4. The summed E-state index contributed by atoms with van der Waals surface area (Å²) in [5.41, 5.74) is 2.31. The van der Waals surface area contributed by atoms with Crippen LogP contribution >= 0.6 is 0 Å². The van der Waals surface area contributed by atoms with Gasteiger partial charge in [-0.3, -0.25) is 14.6 Å². The molecule has 6 heteroatoms. The van der Waals surface area contributed by atoms with Gasteiger partial charge in [-0.25, -0.2) is 4.98 Å². The molecule has 2 aliphatic rings. The number of rotatable bonds is 4. The van der Waals surface area contributed by atoms with E-state index in [0.29, 0.717) is 11.3 Å². The van der Waals surface area contributed by atoms with E-state index < -0.39 is 0 Å². The van der Waals surface area contributed by atoms with Gasteiger partial charge in [-0.15, -0.1) is 0 Å². The molecule has 2 amide bonds. The predicted molar refractivity (Wildman–Crippen MR) is 106 cm³/mol. The summed E-state index contributed by atoms with van der Waals surface area (Å²) in [5.74, 6) is -0.212. The Hall–Kier alpha value is -2.76. The van der Waals surface area contributed by atoms with Gasteiger partial charge in [0, 0.05) is 22.8 Å². The number of carbonyl (C=O) groups excluding carboxylic acids is 2. The molecule has 0 radical (unpaired) electrons. The molecule has 0 spiro atoms. The Labute approximate surface area is 165 Å². The highest BCUT2D eigenvalue weighted by Gasteiger charge is 2.52. The molecule has 1 aromatic heterocycles. The number of hydrogen-bond acceptors (Lipinski definition) is 4. The number of hydrogen-bond donors (Lipinski definition) is 2. The lowest BCUT2D eigenvalue weighted by Crippen LogP contribution is -2.55.